The molecule has 2 aromatic carbocycles. The maximum Gasteiger partial charge on any atom is 3.00 e. The van der Waals surface area contributed by atoms with Gasteiger partial charge in [0.15, 0.2) is 0 Å². The van der Waals surface area contributed by atoms with Crippen molar-refractivity contribution >= 4 is 70.7 Å². The van der Waals surface area contributed by atoms with Gasteiger partial charge in [0, 0.05) is 0 Å². The van der Waals surface area contributed by atoms with Crippen molar-refractivity contribution in [3.63, 3.8) is 0 Å². The molecule has 4 heteroatoms. The summed E-state index contributed by atoms with van der Waals surface area (Å²) in [6, 6.07) is 12.4. The molecule has 0 N–H and O–H groups in total. The minimum atomic E-state index is 0. The molecule has 2 aromatic rings. The molecular formula is C14H12BiPS2. The Bertz CT molecular complexity index is 506. The van der Waals surface area contributed by atoms with Gasteiger partial charge in [0.1, 0.15) is 0 Å². The first-order chi connectivity index (χ1) is 8.06. The quantitative estimate of drug-likeness (QED) is 0.366. The van der Waals surface area contributed by atoms with Crippen LogP contribution in [0.5, 0.6) is 0 Å². The van der Waals surface area contributed by atoms with Crippen LogP contribution in [0.15, 0.2) is 46.2 Å². The smallest absolute Gasteiger partial charge is 0.782 e. The molecule has 0 heterocycles. The summed E-state index contributed by atoms with van der Waals surface area (Å²) in [4.78, 5) is 1.82. The summed E-state index contributed by atoms with van der Waals surface area (Å²) in [5.41, 5.74) is 2.47. The topological polar surface area (TPSA) is 0 Å². The molecule has 2 rings (SSSR count). The largest absolute Gasteiger partial charge is 3.00 e. The summed E-state index contributed by atoms with van der Waals surface area (Å²) in [6.45, 7) is 4.16. The van der Waals surface area contributed by atoms with Crippen molar-refractivity contribution < 1.29 is 0 Å². The zero-order chi connectivity index (χ0) is 12.4. The van der Waals surface area contributed by atoms with E-state index in [2.05, 4.69) is 26.0 Å². The molecule has 0 unspecified atom stereocenters. The second-order valence-corrected chi connectivity index (χ2v) is 6.12. The predicted molar refractivity (Wildman–Crippen MR) is 85.6 cm³/mol. The predicted octanol–water partition coefficient (Wildman–Crippen LogP) is 2.63. The van der Waals surface area contributed by atoms with Gasteiger partial charge < -0.3 is 33.8 Å². The minimum absolute atomic E-state index is 0. The second kappa shape index (κ2) is 7.10. The zero-order valence-electron chi connectivity index (χ0n) is 10.2. The molecule has 0 atom stereocenters. The van der Waals surface area contributed by atoms with Crippen molar-refractivity contribution in [3.8, 4) is 0 Å². The molecule has 90 valence electrons. The van der Waals surface area contributed by atoms with Gasteiger partial charge in [0.05, 0.1) is 0 Å². The third-order valence-corrected chi connectivity index (χ3v) is 4.71. The van der Waals surface area contributed by atoms with E-state index >= 15 is 0 Å². The van der Waals surface area contributed by atoms with Gasteiger partial charge in [-0.2, -0.15) is 0 Å². The van der Waals surface area contributed by atoms with E-state index in [1.807, 2.05) is 24.3 Å². The van der Waals surface area contributed by atoms with Crippen molar-refractivity contribution in [1.29, 1.82) is 0 Å². The Balaban J connectivity index is 0.00000162. The number of aryl methyl sites for hydroxylation is 2. The Morgan fingerprint density at radius 2 is 1.17 bits per heavy atom. The van der Waals surface area contributed by atoms with Crippen LogP contribution in [0.25, 0.3) is 0 Å². The molecule has 0 aliphatic heterocycles. The molecule has 18 heavy (non-hydrogen) atoms. The van der Waals surface area contributed by atoms with Crippen LogP contribution in [0, 0.1) is 13.8 Å². The standard InChI is InChI=1S/C14H14PS2.Bi/c1-9-3-5-13(16)11(7-9)15-12-8-10(2)4-6-14(12)17;/h3-8,16-17H,1-2H3;/q-1;+3/p-2. The van der Waals surface area contributed by atoms with Crippen molar-refractivity contribution in [3.05, 3.63) is 47.5 Å². The fourth-order valence-corrected chi connectivity index (χ4v) is 3.25. The molecule has 0 aromatic heterocycles. The van der Waals surface area contributed by atoms with Gasteiger partial charge in [-0.3, -0.25) is 0 Å². The van der Waals surface area contributed by atoms with Gasteiger partial charge in [-0.15, -0.1) is 0 Å². The Hall–Kier alpha value is 0.193. The van der Waals surface area contributed by atoms with Crippen LogP contribution in [0.4, 0.5) is 0 Å². The van der Waals surface area contributed by atoms with E-state index in [-0.39, 0.29) is 26.2 Å². The number of rotatable bonds is 2. The van der Waals surface area contributed by atoms with Crippen LogP contribution < -0.4 is 10.6 Å². The van der Waals surface area contributed by atoms with E-state index < -0.39 is 0 Å². The zero-order valence-corrected chi connectivity index (χ0v) is 16.2. The fraction of sp³-hybridized carbons (Fsp3) is 0.143. The number of hydrogen-bond acceptors (Lipinski definition) is 2. The van der Waals surface area contributed by atoms with Crippen molar-refractivity contribution in [2.24, 2.45) is 0 Å². The van der Waals surface area contributed by atoms with E-state index in [0.717, 1.165) is 29.0 Å². The van der Waals surface area contributed by atoms with E-state index in [1.165, 1.54) is 11.1 Å². The average molecular weight is 484 g/mol. The summed E-state index contributed by atoms with van der Waals surface area (Å²) in [5.74, 6) is 0. The SMILES string of the molecule is Cc1ccc([S-])c([P-]c2cc(C)ccc2[S-])c1.[Bi+3]. The van der Waals surface area contributed by atoms with Crippen LogP contribution in [0.1, 0.15) is 11.1 Å². The molecule has 2 radical (unpaired) electrons. The maximum absolute atomic E-state index is 5.35. The Morgan fingerprint density at radius 3 is 1.56 bits per heavy atom. The van der Waals surface area contributed by atoms with E-state index in [0.29, 0.717) is 0 Å². The summed E-state index contributed by atoms with van der Waals surface area (Å²) >= 11 is 10.7. The molecule has 0 aliphatic rings. The number of benzene rings is 2. The molecule has 0 fully saturated rings. The van der Waals surface area contributed by atoms with Crippen molar-refractivity contribution in [2.75, 3.05) is 0 Å². The fourth-order valence-electron chi connectivity index (χ4n) is 1.56. The third-order valence-electron chi connectivity index (χ3n) is 2.47. The Kier molecular flexibility index (Phi) is 6.41. The van der Waals surface area contributed by atoms with Crippen LogP contribution in [-0.4, -0.2) is 26.2 Å². The number of hydrogen-bond donors (Lipinski definition) is 0. The van der Waals surface area contributed by atoms with Gasteiger partial charge >= 0.3 is 26.2 Å². The van der Waals surface area contributed by atoms with Gasteiger partial charge in [-0.05, 0) is 13.8 Å². The van der Waals surface area contributed by atoms with Gasteiger partial charge in [-0.1, -0.05) is 47.5 Å². The third kappa shape index (κ3) is 4.10. The molecular weight excluding hydrogens is 472 g/mol. The molecule has 0 bridgehead atoms. The minimum Gasteiger partial charge on any atom is -0.782 e. The monoisotopic (exact) mass is 484 g/mol. The normalized spacial score (nSPS) is 9.89. The van der Waals surface area contributed by atoms with Gasteiger partial charge in [0.2, 0.25) is 0 Å². The first kappa shape index (κ1) is 16.2. The summed E-state index contributed by atoms with van der Waals surface area (Å²) < 4.78 is 0. The van der Waals surface area contributed by atoms with Crippen LogP contribution in [0.2, 0.25) is 0 Å². The van der Waals surface area contributed by atoms with E-state index in [9.17, 15) is 0 Å². The Labute approximate surface area is 141 Å². The summed E-state index contributed by atoms with van der Waals surface area (Å²) in [7, 11) is 1.11. The molecule has 0 saturated heterocycles. The van der Waals surface area contributed by atoms with Gasteiger partial charge in [-0.25, -0.2) is 20.4 Å². The van der Waals surface area contributed by atoms with Crippen LogP contribution in [0.3, 0.4) is 0 Å². The molecule has 0 saturated carbocycles. The molecule has 0 spiro atoms. The first-order valence-electron chi connectivity index (χ1n) is 5.33. The van der Waals surface area contributed by atoms with Crippen LogP contribution >= 0.6 is 8.58 Å². The second-order valence-electron chi connectivity index (χ2n) is 4.05. The van der Waals surface area contributed by atoms with Crippen molar-refractivity contribution in [2.45, 2.75) is 23.6 Å². The average Bonchev–Trinajstić information content (AvgIpc) is 2.28. The molecule has 0 amide bonds. The summed E-state index contributed by atoms with van der Waals surface area (Å²) in [6.07, 6.45) is 0. The van der Waals surface area contributed by atoms with E-state index in [4.69, 9.17) is 25.3 Å². The molecule has 0 aliphatic carbocycles. The van der Waals surface area contributed by atoms with Gasteiger partial charge in [0.25, 0.3) is 0 Å². The summed E-state index contributed by atoms with van der Waals surface area (Å²) in [5, 5.41) is 2.33. The maximum atomic E-state index is 5.35. The van der Waals surface area contributed by atoms with E-state index in [1.54, 1.807) is 0 Å². The van der Waals surface area contributed by atoms with Crippen LogP contribution in [-0.2, 0) is 25.3 Å². The van der Waals surface area contributed by atoms with Crippen molar-refractivity contribution in [1.82, 2.24) is 0 Å². The first-order valence-corrected chi connectivity index (χ1v) is 7.04. The molecule has 0 nitrogen and oxygen atoms in total. The Morgan fingerprint density at radius 1 is 0.778 bits per heavy atom.